The van der Waals surface area contributed by atoms with Gasteiger partial charge in [-0.2, -0.15) is 5.10 Å². The van der Waals surface area contributed by atoms with Crippen molar-refractivity contribution in [2.75, 3.05) is 10.6 Å². The van der Waals surface area contributed by atoms with Gasteiger partial charge in [-0.3, -0.25) is 19.2 Å². The van der Waals surface area contributed by atoms with Crippen molar-refractivity contribution >= 4 is 57.1 Å². The summed E-state index contributed by atoms with van der Waals surface area (Å²) in [6.07, 6.45) is 1.19. The first-order valence-electron chi connectivity index (χ1n) is 9.54. The van der Waals surface area contributed by atoms with Crippen LogP contribution in [0.3, 0.4) is 0 Å². The van der Waals surface area contributed by atoms with Crippen LogP contribution in [-0.4, -0.2) is 29.8 Å². The molecule has 0 aliphatic carbocycles. The number of hydrazone groups is 1. The first-order chi connectivity index (χ1) is 15.9. The number of para-hydroxylation sites is 2. The number of benzene rings is 2. The number of carbonyl (C=O) groups is 4. The normalized spacial score (nSPS) is 10.5. The summed E-state index contributed by atoms with van der Waals surface area (Å²) < 4.78 is 6.06. The average molecular weight is 512 g/mol. The minimum Gasteiger partial charge on any atom is -0.458 e. The van der Waals surface area contributed by atoms with Gasteiger partial charge in [-0.15, -0.1) is 0 Å². The second-order valence-electron chi connectivity index (χ2n) is 6.44. The molecule has 3 rings (SSSR count). The van der Waals surface area contributed by atoms with Crippen LogP contribution in [0.5, 0.6) is 0 Å². The second-order valence-corrected chi connectivity index (χ2v) is 7.29. The molecular formula is C22H18BrN5O5. The van der Waals surface area contributed by atoms with Crippen molar-refractivity contribution in [2.24, 2.45) is 5.10 Å². The SMILES string of the molecule is O=C(NCc1ccc(/C=N/NC(=O)C(=O)Nc2ccccc2Br)o1)C(=O)Nc1ccccc1. The highest BCUT2D eigenvalue weighted by molar-refractivity contribution is 9.10. The minimum absolute atomic E-state index is 0.0321. The Morgan fingerprint density at radius 1 is 0.818 bits per heavy atom. The predicted octanol–water partition coefficient (Wildman–Crippen LogP) is 2.39. The Morgan fingerprint density at radius 2 is 1.52 bits per heavy atom. The highest BCUT2D eigenvalue weighted by Crippen LogP contribution is 2.20. The van der Waals surface area contributed by atoms with Crippen LogP contribution in [-0.2, 0) is 25.7 Å². The number of amides is 4. The van der Waals surface area contributed by atoms with Gasteiger partial charge < -0.3 is 20.4 Å². The maximum Gasteiger partial charge on any atom is 0.329 e. The number of halogens is 1. The van der Waals surface area contributed by atoms with Crippen LogP contribution in [0, 0.1) is 0 Å². The lowest BCUT2D eigenvalue weighted by Gasteiger charge is -2.05. The molecule has 0 saturated carbocycles. The molecule has 11 heteroatoms. The summed E-state index contributed by atoms with van der Waals surface area (Å²) >= 11 is 3.27. The number of furan rings is 1. The van der Waals surface area contributed by atoms with Crippen LogP contribution in [0.2, 0.25) is 0 Å². The fourth-order valence-electron chi connectivity index (χ4n) is 2.46. The number of hydrogen-bond donors (Lipinski definition) is 4. The van der Waals surface area contributed by atoms with Crippen molar-refractivity contribution in [2.45, 2.75) is 6.54 Å². The van der Waals surface area contributed by atoms with Gasteiger partial charge in [0, 0.05) is 10.2 Å². The van der Waals surface area contributed by atoms with E-state index in [1.807, 2.05) is 0 Å². The standard InChI is InChI=1S/C22H18BrN5O5/c23-17-8-4-5-9-18(17)27-21(31)22(32)28-25-13-16-11-10-15(33-16)12-24-19(29)20(30)26-14-6-2-1-3-7-14/h1-11,13H,12H2,(H,24,29)(H,26,30)(H,27,31)(H,28,32)/b25-13+. The van der Waals surface area contributed by atoms with Crippen molar-refractivity contribution in [3.63, 3.8) is 0 Å². The highest BCUT2D eigenvalue weighted by atomic mass is 79.9. The van der Waals surface area contributed by atoms with Crippen molar-refractivity contribution in [1.29, 1.82) is 0 Å². The van der Waals surface area contributed by atoms with Gasteiger partial charge in [-0.05, 0) is 52.3 Å². The molecule has 4 amide bonds. The third-order valence-corrected chi connectivity index (χ3v) is 4.72. The highest BCUT2D eigenvalue weighted by Gasteiger charge is 2.15. The molecule has 0 spiro atoms. The van der Waals surface area contributed by atoms with Crippen LogP contribution in [0.4, 0.5) is 11.4 Å². The predicted molar refractivity (Wildman–Crippen MR) is 124 cm³/mol. The molecule has 3 aromatic rings. The van der Waals surface area contributed by atoms with E-state index in [2.05, 4.69) is 42.4 Å². The lowest BCUT2D eigenvalue weighted by atomic mass is 10.3. The summed E-state index contributed by atoms with van der Waals surface area (Å²) in [5.74, 6) is -2.87. The average Bonchev–Trinajstić information content (AvgIpc) is 3.27. The lowest BCUT2D eigenvalue weighted by molar-refractivity contribution is -0.136. The summed E-state index contributed by atoms with van der Waals surface area (Å²) in [4.78, 5) is 47.6. The van der Waals surface area contributed by atoms with Gasteiger partial charge in [0.25, 0.3) is 0 Å². The molecule has 33 heavy (non-hydrogen) atoms. The van der Waals surface area contributed by atoms with E-state index in [1.165, 1.54) is 6.21 Å². The molecule has 2 aromatic carbocycles. The minimum atomic E-state index is -0.967. The first-order valence-corrected chi connectivity index (χ1v) is 10.3. The molecule has 0 unspecified atom stereocenters. The summed E-state index contributed by atoms with van der Waals surface area (Å²) in [6, 6.07) is 18.5. The van der Waals surface area contributed by atoms with Crippen LogP contribution in [0.1, 0.15) is 11.5 Å². The Hall–Kier alpha value is -4.25. The Labute approximate surface area is 196 Å². The lowest BCUT2D eigenvalue weighted by Crippen LogP contribution is -2.34. The molecule has 0 aliphatic rings. The van der Waals surface area contributed by atoms with Crippen molar-refractivity contribution in [3.05, 3.63) is 82.7 Å². The second kappa shape index (κ2) is 11.4. The zero-order valence-corrected chi connectivity index (χ0v) is 18.6. The Bertz CT molecular complexity index is 1190. The van der Waals surface area contributed by atoms with E-state index >= 15 is 0 Å². The molecule has 0 bridgehead atoms. The molecule has 0 saturated heterocycles. The summed E-state index contributed by atoms with van der Waals surface area (Å²) in [5, 5.41) is 11.0. The molecule has 10 nitrogen and oxygen atoms in total. The molecule has 0 atom stereocenters. The third-order valence-electron chi connectivity index (χ3n) is 4.03. The number of anilines is 2. The topological polar surface area (TPSA) is 142 Å². The van der Waals surface area contributed by atoms with Crippen LogP contribution in [0.25, 0.3) is 0 Å². The van der Waals surface area contributed by atoms with Gasteiger partial charge in [0.15, 0.2) is 0 Å². The largest absolute Gasteiger partial charge is 0.458 e. The van der Waals surface area contributed by atoms with Crippen LogP contribution < -0.4 is 21.4 Å². The maximum absolute atomic E-state index is 11.9. The fraction of sp³-hybridized carbons (Fsp3) is 0.0455. The van der Waals surface area contributed by atoms with E-state index in [-0.39, 0.29) is 12.3 Å². The molecule has 168 valence electrons. The zero-order valence-electron chi connectivity index (χ0n) is 17.0. The van der Waals surface area contributed by atoms with E-state index in [4.69, 9.17) is 4.42 Å². The van der Waals surface area contributed by atoms with E-state index < -0.39 is 23.6 Å². The van der Waals surface area contributed by atoms with Gasteiger partial charge in [-0.25, -0.2) is 5.43 Å². The number of nitrogens with one attached hydrogen (secondary N) is 4. The van der Waals surface area contributed by atoms with Gasteiger partial charge in [0.1, 0.15) is 11.5 Å². The molecule has 0 aliphatic heterocycles. The number of hydrogen-bond acceptors (Lipinski definition) is 6. The van der Waals surface area contributed by atoms with Crippen molar-refractivity contribution in [1.82, 2.24) is 10.7 Å². The molecule has 0 radical (unpaired) electrons. The quantitative estimate of drug-likeness (QED) is 0.228. The Balaban J connectivity index is 1.43. The van der Waals surface area contributed by atoms with Crippen LogP contribution in [0.15, 0.2) is 80.7 Å². The molecular weight excluding hydrogens is 494 g/mol. The van der Waals surface area contributed by atoms with Crippen molar-refractivity contribution in [3.8, 4) is 0 Å². The first kappa shape index (κ1) is 23.4. The van der Waals surface area contributed by atoms with Gasteiger partial charge in [0.2, 0.25) is 0 Å². The van der Waals surface area contributed by atoms with Crippen LogP contribution >= 0.6 is 15.9 Å². The Morgan fingerprint density at radius 3 is 2.27 bits per heavy atom. The van der Waals surface area contributed by atoms with Gasteiger partial charge in [-0.1, -0.05) is 30.3 Å². The molecule has 1 heterocycles. The third kappa shape index (κ3) is 7.14. The molecule has 1 aromatic heterocycles. The zero-order chi connectivity index (χ0) is 23.6. The Kier molecular flexibility index (Phi) is 8.08. The monoisotopic (exact) mass is 511 g/mol. The maximum atomic E-state index is 11.9. The van der Waals surface area contributed by atoms with E-state index in [1.54, 1.807) is 66.7 Å². The number of carbonyl (C=O) groups excluding carboxylic acids is 4. The number of nitrogens with zero attached hydrogens (tertiary/aromatic N) is 1. The fourth-order valence-corrected chi connectivity index (χ4v) is 2.85. The summed E-state index contributed by atoms with van der Waals surface area (Å²) in [5.41, 5.74) is 3.03. The molecule has 0 fully saturated rings. The number of rotatable bonds is 6. The summed E-state index contributed by atoms with van der Waals surface area (Å²) in [6.45, 7) is -0.0321. The van der Waals surface area contributed by atoms with Crippen molar-refractivity contribution < 1.29 is 23.6 Å². The van der Waals surface area contributed by atoms with E-state index in [9.17, 15) is 19.2 Å². The smallest absolute Gasteiger partial charge is 0.329 e. The summed E-state index contributed by atoms with van der Waals surface area (Å²) in [7, 11) is 0. The van der Waals surface area contributed by atoms with Gasteiger partial charge in [0.05, 0.1) is 18.4 Å². The van der Waals surface area contributed by atoms with E-state index in [0.29, 0.717) is 21.6 Å². The van der Waals surface area contributed by atoms with Gasteiger partial charge >= 0.3 is 23.6 Å². The van der Waals surface area contributed by atoms with E-state index in [0.717, 1.165) is 0 Å². The molecule has 4 N–H and O–H groups in total.